The molecule has 0 spiro atoms. The molecule has 3 rings (SSSR count). The van der Waals surface area contributed by atoms with E-state index in [1.165, 1.54) is 6.08 Å². The number of hydrogen-bond donors (Lipinski definition) is 0. The Kier molecular flexibility index (Phi) is 3.02. The third-order valence-electron chi connectivity index (χ3n) is 4.11. The first kappa shape index (κ1) is 12.2. The molecule has 2 aliphatic carbocycles. The van der Waals surface area contributed by atoms with E-state index in [4.69, 9.17) is 4.74 Å². The van der Waals surface area contributed by atoms with Crippen molar-refractivity contribution in [2.75, 3.05) is 0 Å². The summed E-state index contributed by atoms with van der Waals surface area (Å²) < 4.78 is 5.64. The number of esters is 1. The molecule has 1 fully saturated rings. The first-order valence-electron chi connectivity index (χ1n) is 6.83. The van der Waals surface area contributed by atoms with Gasteiger partial charge in [-0.25, -0.2) is 4.79 Å². The number of rotatable bonds is 3. The van der Waals surface area contributed by atoms with Crippen LogP contribution in [-0.2, 0) is 9.53 Å². The van der Waals surface area contributed by atoms with Crippen LogP contribution in [0.25, 0.3) is 6.08 Å². The lowest BCUT2D eigenvalue weighted by atomic mass is 10.0. The summed E-state index contributed by atoms with van der Waals surface area (Å²) in [5, 5.41) is 0. The smallest absolute Gasteiger partial charge is 0.331 e. The van der Waals surface area contributed by atoms with Gasteiger partial charge in [0, 0.05) is 6.08 Å². The average Bonchev–Trinajstić information content (AvgIpc) is 2.97. The Hall–Kier alpha value is -1.83. The summed E-state index contributed by atoms with van der Waals surface area (Å²) in [6.45, 7) is 2.03. The van der Waals surface area contributed by atoms with Crippen molar-refractivity contribution < 1.29 is 9.53 Å². The second-order valence-corrected chi connectivity index (χ2v) is 5.54. The molecule has 2 atom stereocenters. The topological polar surface area (TPSA) is 26.3 Å². The molecule has 2 nitrogen and oxygen atoms in total. The zero-order chi connectivity index (χ0) is 13.3. The maximum Gasteiger partial charge on any atom is 0.331 e. The molecule has 19 heavy (non-hydrogen) atoms. The monoisotopic (exact) mass is 254 g/mol. The molecule has 2 unspecified atom stereocenters. The fraction of sp³-hybridized carbons (Fsp3) is 0.353. The zero-order valence-electron chi connectivity index (χ0n) is 11.1. The van der Waals surface area contributed by atoms with Crippen LogP contribution in [0.5, 0.6) is 0 Å². The minimum absolute atomic E-state index is 0.240. The standard InChI is InChI=1S/C17H18O2/c1-13-4-2-3-5-15(13)6-7-16(18)19-17-10-8-14(12-17)9-11-17/h2-8,10,14H,9,11-12H2,1H3/b7-6+. The highest BCUT2D eigenvalue weighted by atomic mass is 16.6. The van der Waals surface area contributed by atoms with E-state index in [1.54, 1.807) is 0 Å². The largest absolute Gasteiger partial charge is 0.452 e. The van der Waals surface area contributed by atoms with Crippen LogP contribution in [0.15, 0.2) is 42.5 Å². The summed E-state index contributed by atoms with van der Waals surface area (Å²) in [7, 11) is 0. The Morgan fingerprint density at radius 3 is 2.89 bits per heavy atom. The van der Waals surface area contributed by atoms with Crippen LogP contribution in [0.3, 0.4) is 0 Å². The van der Waals surface area contributed by atoms with E-state index in [1.807, 2.05) is 37.3 Å². The van der Waals surface area contributed by atoms with E-state index in [2.05, 4.69) is 12.2 Å². The Balaban J connectivity index is 1.66. The van der Waals surface area contributed by atoms with Gasteiger partial charge < -0.3 is 4.74 Å². The van der Waals surface area contributed by atoms with Gasteiger partial charge in [-0.3, -0.25) is 0 Å². The molecule has 0 aliphatic heterocycles. The van der Waals surface area contributed by atoms with Crippen molar-refractivity contribution in [1.29, 1.82) is 0 Å². The molecule has 0 amide bonds. The number of carbonyl (C=O) groups is 1. The number of fused-ring (bicyclic) bond motifs is 2. The van der Waals surface area contributed by atoms with Gasteiger partial charge >= 0.3 is 5.97 Å². The average molecular weight is 254 g/mol. The first-order valence-corrected chi connectivity index (χ1v) is 6.83. The van der Waals surface area contributed by atoms with Crippen molar-refractivity contribution in [3.63, 3.8) is 0 Å². The van der Waals surface area contributed by atoms with Gasteiger partial charge in [0.15, 0.2) is 0 Å². The summed E-state index contributed by atoms with van der Waals surface area (Å²) in [4.78, 5) is 11.9. The third-order valence-corrected chi connectivity index (χ3v) is 4.11. The molecule has 0 saturated heterocycles. The lowest BCUT2D eigenvalue weighted by Gasteiger charge is -2.22. The maximum atomic E-state index is 11.9. The van der Waals surface area contributed by atoms with E-state index in [9.17, 15) is 4.79 Å². The molecule has 1 aromatic carbocycles. The Morgan fingerprint density at radius 2 is 2.26 bits per heavy atom. The molecule has 0 N–H and O–H groups in total. The van der Waals surface area contributed by atoms with Crippen molar-refractivity contribution in [1.82, 2.24) is 0 Å². The number of hydrogen-bond acceptors (Lipinski definition) is 2. The van der Waals surface area contributed by atoms with Crippen LogP contribution in [0, 0.1) is 12.8 Å². The van der Waals surface area contributed by atoms with Crippen LogP contribution in [0.4, 0.5) is 0 Å². The van der Waals surface area contributed by atoms with Crippen LogP contribution in [-0.4, -0.2) is 11.6 Å². The Labute approximate surface area is 113 Å². The normalized spacial score (nSPS) is 28.2. The molecule has 2 bridgehead atoms. The highest BCUT2D eigenvalue weighted by Crippen LogP contribution is 2.44. The van der Waals surface area contributed by atoms with Crippen LogP contribution >= 0.6 is 0 Å². The molecule has 2 heteroatoms. The molecular formula is C17H18O2. The molecule has 1 aromatic rings. The van der Waals surface area contributed by atoms with Gasteiger partial charge in [-0.05, 0) is 55.4 Å². The molecule has 0 radical (unpaired) electrons. The van der Waals surface area contributed by atoms with E-state index < -0.39 is 0 Å². The van der Waals surface area contributed by atoms with Gasteiger partial charge in [0.05, 0.1) is 0 Å². The summed E-state index contributed by atoms with van der Waals surface area (Å²) in [6.07, 6.45) is 10.7. The predicted octanol–water partition coefficient (Wildman–Crippen LogP) is 3.66. The van der Waals surface area contributed by atoms with Crippen LogP contribution < -0.4 is 0 Å². The number of ether oxygens (including phenoxy) is 1. The summed E-state index contributed by atoms with van der Waals surface area (Å²) in [6, 6.07) is 7.99. The summed E-state index contributed by atoms with van der Waals surface area (Å²) in [5.74, 6) is 0.378. The highest BCUT2D eigenvalue weighted by molar-refractivity contribution is 5.87. The number of carbonyl (C=O) groups excluding carboxylic acids is 1. The van der Waals surface area contributed by atoms with Gasteiger partial charge in [-0.1, -0.05) is 30.3 Å². The van der Waals surface area contributed by atoms with E-state index in [-0.39, 0.29) is 11.6 Å². The minimum atomic E-state index is -0.308. The van der Waals surface area contributed by atoms with E-state index >= 15 is 0 Å². The van der Waals surface area contributed by atoms with Crippen molar-refractivity contribution in [3.05, 3.63) is 53.6 Å². The van der Waals surface area contributed by atoms with Gasteiger partial charge in [0.2, 0.25) is 0 Å². The SMILES string of the molecule is Cc1ccccc1/C=C/C(=O)OC12C=CC(CC1)C2. The van der Waals surface area contributed by atoms with Crippen molar-refractivity contribution in [3.8, 4) is 0 Å². The molecule has 98 valence electrons. The van der Waals surface area contributed by atoms with Crippen molar-refractivity contribution in [2.24, 2.45) is 5.92 Å². The summed E-state index contributed by atoms with van der Waals surface area (Å²) >= 11 is 0. The van der Waals surface area contributed by atoms with Gasteiger partial charge in [-0.2, -0.15) is 0 Å². The summed E-state index contributed by atoms with van der Waals surface area (Å²) in [5.41, 5.74) is 1.91. The molecular weight excluding hydrogens is 236 g/mol. The zero-order valence-corrected chi connectivity index (χ0v) is 11.1. The fourth-order valence-corrected chi connectivity index (χ4v) is 3.00. The molecule has 0 aromatic heterocycles. The second kappa shape index (κ2) is 4.69. The van der Waals surface area contributed by atoms with Crippen LogP contribution in [0.1, 0.15) is 30.4 Å². The van der Waals surface area contributed by atoms with Crippen molar-refractivity contribution >= 4 is 12.0 Å². The number of aryl methyl sites for hydroxylation is 1. The van der Waals surface area contributed by atoms with E-state index in [0.29, 0.717) is 5.92 Å². The van der Waals surface area contributed by atoms with Gasteiger partial charge in [-0.15, -0.1) is 0 Å². The lowest BCUT2D eigenvalue weighted by Crippen LogP contribution is -2.27. The quantitative estimate of drug-likeness (QED) is 0.467. The fourth-order valence-electron chi connectivity index (χ4n) is 3.00. The highest BCUT2D eigenvalue weighted by Gasteiger charge is 2.43. The van der Waals surface area contributed by atoms with Gasteiger partial charge in [0.1, 0.15) is 5.60 Å². The van der Waals surface area contributed by atoms with Crippen LogP contribution in [0.2, 0.25) is 0 Å². The lowest BCUT2D eigenvalue weighted by molar-refractivity contribution is -0.148. The van der Waals surface area contributed by atoms with Gasteiger partial charge in [0.25, 0.3) is 0 Å². The second-order valence-electron chi connectivity index (χ2n) is 5.54. The predicted molar refractivity (Wildman–Crippen MR) is 75.5 cm³/mol. The maximum absolute atomic E-state index is 11.9. The molecule has 0 heterocycles. The first-order chi connectivity index (χ1) is 9.17. The molecule has 1 saturated carbocycles. The third kappa shape index (κ3) is 2.48. The number of allylic oxidation sites excluding steroid dienone is 1. The Morgan fingerprint density at radius 1 is 1.42 bits per heavy atom. The number of benzene rings is 1. The molecule has 2 aliphatic rings. The van der Waals surface area contributed by atoms with E-state index in [0.717, 1.165) is 30.4 Å². The van der Waals surface area contributed by atoms with Crippen molar-refractivity contribution in [2.45, 2.75) is 31.8 Å². The Bertz CT molecular complexity index is 556. The minimum Gasteiger partial charge on any atom is -0.452 e.